The Morgan fingerprint density at radius 1 is 1.06 bits per heavy atom. The summed E-state index contributed by atoms with van der Waals surface area (Å²) in [7, 11) is -4.29. The molecule has 0 aliphatic heterocycles. The van der Waals surface area contributed by atoms with Gasteiger partial charge in [0.15, 0.2) is 0 Å². The number of carbonyl (C=O) groups is 1. The van der Waals surface area contributed by atoms with Crippen LogP contribution in [0.1, 0.15) is 0 Å². The summed E-state index contributed by atoms with van der Waals surface area (Å²) in [4.78, 5) is 10.2. The molecule has 0 unspecified atom stereocenters. The molecule has 5 nitrogen and oxygen atoms in total. The van der Waals surface area contributed by atoms with Gasteiger partial charge in [0.25, 0.3) is 0 Å². The van der Waals surface area contributed by atoms with Gasteiger partial charge in [-0.05, 0) is 11.5 Å². The van der Waals surface area contributed by atoms with E-state index in [-0.39, 0.29) is 34.5 Å². The summed E-state index contributed by atoms with van der Waals surface area (Å²) < 4.78 is 27.2. The van der Waals surface area contributed by atoms with Gasteiger partial charge in [-0.2, -0.15) is 8.42 Å². The zero-order chi connectivity index (χ0) is 12.5. The molecule has 0 saturated carbocycles. The first kappa shape index (κ1) is 15.0. The Hall–Kier alpha value is -1.08. The summed E-state index contributed by atoms with van der Waals surface area (Å²) in [5.41, 5.74) is 0. The van der Waals surface area contributed by atoms with Gasteiger partial charge in [-0.1, -0.05) is 36.4 Å². The van der Waals surface area contributed by atoms with Crippen LogP contribution in [0.5, 0.6) is 0 Å². The Kier molecular flexibility index (Phi) is 4.75. The summed E-state index contributed by atoms with van der Waals surface area (Å²) in [6, 6.07) is 11.3. The Labute approximate surface area is 126 Å². The molecule has 2 aromatic rings. The topological polar surface area (TPSA) is 80.7 Å². The van der Waals surface area contributed by atoms with Gasteiger partial charge in [-0.15, -0.1) is 0 Å². The van der Waals surface area contributed by atoms with Crippen LogP contribution >= 0.6 is 0 Å². The zero-order valence-corrected chi connectivity index (χ0v) is 9.35. The van der Waals surface area contributed by atoms with Crippen LogP contribution < -0.4 is 0 Å². The van der Waals surface area contributed by atoms with Gasteiger partial charge in [0.2, 0.25) is 0 Å². The van der Waals surface area contributed by atoms with Gasteiger partial charge < -0.3 is 9.29 Å². The second-order valence-corrected chi connectivity index (χ2v) is 4.80. The van der Waals surface area contributed by atoms with E-state index in [0.717, 1.165) is 0 Å². The molecule has 0 amide bonds. The van der Waals surface area contributed by atoms with E-state index in [1.165, 1.54) is 12.1 Å². The summed E-state index contributed by atoms with van der Waals surface area (Å²) in [5, 5.41) is 9.51. The molecule has 2 rings (SSSR count). The Morgan fingerprint density at radius 3 is 2.33 bits per heavy atom. The van der Waals surface area contributed by atoms with Crippen molar-refractivity contribution >= 4 is 56.6 Å². The van der Waals surface area contributed by atoms with E-state index in [1.807, 2.05) is 0 Å². The monoisotopic (exact) mass is 276 g/mol. The van der Waals surface area contributed by atoms with Gasteiger partial charge in [0.05, 0.1) is 0 Å². The Balaban J connectivity index is 0.00000162. The molecule has 0 aromatic heterocycles. The normalized spacial score (nSPS) is 10.7. The van der Waals surface area contributed by atoms with Crippen molar-refractivity contribution in [2.75, 3.05) is 0 Å². The number of benzene rings is 2. The molecule has 0 radical (unpaired) electrons. The third kappa shape index (κ3) is 3.02. The van der Waals surface area contributed by atoms with Gasteiger partial charge in [0.1, 0.15) is 4.90 Å². The van der Waals surface area contributed by atoms with Crippen molar-refractivity contribution in [3.63, 3.8) is 0 Å². The van der Waals surface area contributed by atoms with E-state index in [4.69, 9.17) is 5.11 Å². The van der Waals surface area contributed by atoms with Crippen molar-refractivity contribution in [3.8, 4) is 0 Å². The predicted molar refractivity (Wildman–Crippen MR) is 67.4 cm³/mol. The number of carboxylic acid groups (broad SMARTS) is 1. The van der Waals surface area contributed by atoms with Crippen LogP contribution in [0.25, 0.3) is 10.8 Å². The number of hydrogen-bond donors (Lipinski definition) is 1. The van der Waals surface area contributed by atoms with E-state index in [0.29, 0.717) is 10.8 Å². The molecule has 0 saturated heterocycles. The van der Waals surface area contributed by atoms with Gasteiger partial charge >= 0.3 is 45.8 Å². The van der Waals surface area contributed by atoms with Crippen molar-refractivity contribution in [2.24, 2.45) is 0 Å². The van der Waals surface area contributed by atoms with Crippen LogP contribution in [0.4, 0.5) is 4.79 Å². The van der Waals surface area contributed by atoms with Crippen molar-refractivity contribution in [3.05, 3.63) is 42.5 Å². The van der Waals surface area contributed by atoms with Gasteiger partial charge in [-0.3, -0.25) is 0 Å². The molecule has 18 heavy (non-hydrogen) atoms. The third-order valence-corrected chi connectivity index (χ3v) is 3.46. The Bertz CT molecular complexity index is 675. The number of rotatable bonds is 2. The first-order valence-electron chi connectivity index (χ1n) is 4.66. The molecular weight excluding hydrogens is 267 g/mol. The minimum atomic E-state index is -4.29. The van der Waals surface area contributed by atoms with Gasteiger partial charge in [0, 0.05) is 5.39 Å². The SMILES string of the molecule is O=C(O)OS(=O)(=O)c1cccc2ccccc12.[NaH]. The first-order chi connectivity index (χ1) is 8.00. The average Bonchev–Trinajstić information content (AvgIpc) is 2.26. The van der Waals surface area contributed by atoms with Crippen LogP contribution in [0.3, 0.4) is 0 Å². The van der Waals surface area contributed by atoms with Crippen LogP contribution in [0.15, 0.2) is 47.4 Å². The second-order valence-electron chi connectivity index (χ2n) is 3.28. The van der Waals surface area contributed by atoms with E-state index in [9.17, 15) is 13.2 Å². The number of hydrogen-bond acceptors (Lipinski definition) is 4. The Morgan fingerprint density at radius 2 is 1.67 bits per heavy atom. The molecule has 7 heteroatoms. The predicted octanol–water partition coefficient (Wildman–Crippen LogP) is 1.57. The van der Waals surface area contributed by atoms with E-state index in [2.05, 4.69) is 4.18 Å². The van der Waals surface area contributed by atoms with E-state index in [1.54, 1.807) is 30.3 Å². The van der Waals surface area contributed by atoms with Crippen molar-refractivity contribution in [1.82, 2.24) is 0 Å². The fourth-order valence-electron chi connectivity index (χ4n) is 1.55. The first-order valence-corrected chi connectivity index (χ1v) is 6.07. The standard InChI is InChI=1S/C11H8O5S.Na.H/c12-11(13)16-17(14,15)10-7-3-5-8-4-1-2-6-9(8)10;;/h1-7H,(H,12,13);;. The minimum absolute atomic E-state index is 0. The second kappa shape index (κ2) is 5.71. The number of fused-ring (bicyclic) bond motifs is 1. The molecule has 2 aromatic carbocycles. The third-order valence-electron chi connectivity index (χ3n) is 2.20. The molecule has 0 bridgehead atoms. The van der Waals surface area contributed by atoms with Crippen molar-refractivity contribution in [1.29, 1.82) is 0 Å². The fraction of sp³-hybridized carbons (Fsp3) is 0. The van der Waals surface area contributed by atoms with E-state index < -0.39 is 16.3 Å². The van der Waals surface area contributed by atoms with Crippen LogP contribution in [0, 0.1) is 0 Å². The quantitative estimate of drug-likeness (QED) is 0.665. The molecule has 0 atom stereocenters. The van der Waals surface area contributed by atoms with E-state index >= 15 is 0 Å². The molecule has 0 aliphatic rings. The molecular formula is C11H9NaO5S. The molecule has 90 valence electrons. The average molecular weight is 276 g/mol. The van der Waals surface area contributed by atoms with Crippen LogP contribution in [0.2, 0.25) is 0 Å². The maximum absolute atomic E-state index is 11.7. The van der Waals surface area contributed by atoms with Crippen molar-refractivity contribution < 1.29 is 22.5 Å². The van der Waals surface area contributed by atoms with Crippen LogP contribution in [-0.4, -0.2) is 49.2 Å². The van der Waals surface area contributed by atoms with Gasteiger partial charge in [-0.25, -0.2) is 4.79 Å². The summed E-state index contributed by atoms with van der Waals surface area (Å²) in [6.07, 6.45) is -1.85. The van der Waals surface area contributed by atoms with Crippen LogP contribution in [-0.2, 0) is 14.3 Å². The molecule has 1 N–H and O–H groups in total. The summed E-state index contributed by atoms with van der Waals surface area (Å²) >= 11 is 0. The fourth-order valence-corrected chi connectivity index (χ4v) is 2.53. The molecule has 0 spiro atoms. The summed E-state index contributed by atoms with van der Waals surface area (Å²) in [5.74, 6) is 0. The van der Waals surface area contributed by atoms with Crippen molar-refractivity contribution in [2.45, 2.75) is 4.90 Å². The molecule has 0 aliphatic carbocycles. The molecule has 0 heterocycles. The molecule has 0 fully saturated rings. The summed E-state index contributed by atoms with van der Waals surface area (Å²) in [6.45, 7) is 0. The maximum atomic E-state index is 11.7. The zero-order valence-electron chi connectivity index (χ0n) is 8.53.